The van der Waals surface area contributed by atoms with Crippen LogP contribution in [-0.4, -0.2) is 15.6 Å². The molecule has 0 radical (unpaired) electrons. The maximum absolute atomic E-state index is 11.3. The van der Waals surface area contributed by atoms with Crippen LogP contribution in [0.4, 0.5) is 0 Å². The zero-order chi connectivity index (χ0) is 10.6. The van der Waals surface area contributed by atoms with Crippen LogP contribution in [0.15, 0.2) is 0 Å². The molecule has 78 valence electrons. The number of nitrogens with zero attached hydrogens (tertiary/aromatic N) is 2. The number of esters is 1. The van der Waals surface area contributed by atoms with Crippen LogP contribution in [0.1, 0.15) is 26.0 Å². The number of ether oxygens (including phenoxy) is 1. The second-order valence-corrected chi connectivity index (χ2v) is 4.27. The summed E-state index contributed by atoms with van der Waals surface area (Å²) >= 11 is 6.82. The minimum atomic E-state index is -0.225. The van der Waals surface area contributed by atoms with Crippen LogP contribution in [-0.2, 0) is 16.1 Å². The number of carbonyl (C=O) groups is 1. The fourth-order valence-electron chi connectivity index (χ4n) is 0.732. The second-order valence-electron chi connectivity index (χ2n) is 2.91. The molecule has 6 heteroatoms. The van der Waals surface area contributed by atoms with E-state index in [4.69, 9.17) is 16.3 Å². The Morgan fingerprint density at radius 3 is 2.93 bits per heavy atom. The van der Waals surface area contributed by atoms with Gasteiger partial charge in [0, 0.05) is 11.5 Å². The Balaban J connectivity index is 2.41. The molecule has 1 atom stereocenters. The van der Waals surface area contributed by atoms with Gasteiger partial charge in [0.15, 0.2) is 0 Å². The molecule has 0 spiro atoms. The van der Waals surface area contributed by atoms with Crippen molar-refractivity contribution in [1.29, 1.82) is 0 Å². The summed E-state index contributed by atoms with van der Waals surface area (Å²) < 4.78 is 9.11. The molecule has 0 unspecified atom stereocenters. The molecule has 0 aliphatic rings. The lowest BCUT2D eigenvalue weighted by molar-refractivity contribution is -0.149. The Kier molecular flexibility index (Phi) is 4.28. The smallest absolute Gasteiger partial charge is 0.309 e. The van der Waals surface area contributed by atoms with Crippen molar-refractivity contribution < 1.29 is 9.53 Å². The third kappa shape index (κ3) is 2.92. The van der Waals surface area contributed by atoms with Gasteiger partial charge in [0.2, 0.25) is 0 Å². The molecule has 1 aromatic rings. The van der Waals surface area contributed by atoms with E-state index in [2.05, 4.69) is 9.59 Å². The predicted molar refractivity (Wildman–Crippen MR) is 54.2 cm³/mol. The number of carbonyl (C=O) groups excluding carboxylic acids is 1. The molecule has 0 aliphatic heterocycles. The zero-order valence-corrected chi connectivity index (χ0v) is 9.56. The lowest BCUT2D eigenvalue weighted by atomic mass is 10.1. The quantitative estimate of drug-likeness (QED) is 0.750. The first-order valence-electron chi connectivity index (χ1n) is 4.28. The highest BCUT2D eigenvalue weighted by molar-refractivity contribution is 7.10. The van der Waals surface area contributed by atoms with Gasteiger partial charge in [-0.25, -0.2) is 0 Å². The summed E-state index contributed by atoms with van der Waals surface area (Å²) in [6, 6.07) is 0. The van der Waals surface area contributed by atoms with Crippen LogP contribution in [0.25, 0.3) is 0 Å². The van der Waals surface area contributed by atoms with Gasteiger partial charge in [-0.15, -0.1) is 5.10 Å². The standard InChI is InChI=1S/C8H11ClN2O2S/c1-3-5(2)8(12)13-4-6-7(9)14-11-10-6/h5H,3-4H2,1-2H3/t5-/m1/s1. The predicted octanol–water partition coefficient (Wildman–Crippen LogP) is 2.28. The van der Waals surface area contributed by atoms with Crippen molar-refractivity contribution in [3.8, 4) is 0 Å². The Morgan fingerprint density at radius 1 is 1.71 bits per heavy atom. The number of halogens is 1. The van der Waals surface area contributed by atoms with Crippen LogP contribution in [0.3, 0.4) is 0 Å². The molecular formula is C8H11ClN2O2S. The summed E-state index contributed by atoms with van der Waals surface area (Å²) in [5.41, 5.74) is 0.522. The normalized spacial score (nSPS) is 12.5. The van der Waals surface area contributed by atoms with E-state index in [9.17, 15) is 4.79 Å². The van der Waals surface area contributed by atoms with E-state index < -0.39 is 0 Å². The highest BCUT2D eigenvalue weighted by atomic mass is 35.5. The summed E-state index contributed by atoms with van der Waals surface area (Å²) in [7, 11) is 0. The van der Waals surface area contributed by atoms with Gasteiger partial charge in [0.25, 0.3) is 0 Å². The van der Waals surface area contributed by atoms with Crippen LogP contribution in [0.5, 0.6) is 0 Å². The van der Waals surface area contributed by atoms with E-state index in [-0.39, 0.29) is 18.5 Å². The molecule has 1 heterocycles. The molecule has 0 bridgehead atoms. The first-order chi connectivity index (χ1) is 6.65. The maximum atomic E-state index is 11.3. The van der Waals surface area contributed by atoms with Gasteiger partial charge >= 0.3 is 5.97 Å². The van der Waals surface area contributed by atoms with E-state index in [1.807, 2.05) is 13.8 Å². The molecule has 0 amide bonds. The monoisotopic (exact) mass is 234 g/mol. The first kappa shape index (κ1) is 11.4. The van der Waals surface area contributed by atoms with Gasteiger partial charge < -0.3 is 4.74 Å². The van der Waals surface area contributed by atoms with Crippen molar-refractivity contribution in [2.75, 3.05) is 0 Å². The van der Waals surface area contributed by atoms with E-state index in [1.165, 1.54) is 0 Å². The van der Waals surface area contributed by atoms with Gasteiger partial charge in [-0.05, 0) is 6.42 Å². The van der Waals surface area contributed by atoms with Gasteiger partial charge in [-0.3, -0.25) is 4.79 Å². The fourth-order valence-corrected chi connectivity index (χ4v) is 1.33. The average molecular weight is 235 g/mol. The average Bonchev–Trinajstić information content (AvgIpc) is 2.59. The van der Waals surface area contributed by atoms with Gasteiger partial charge in [-0.2, -0.15) is 0 Å². The summed E-state index contributed by atoms with van der Waals surface area (Å²) in [6.45, 7) is 3.87. The minimum Gasteiger partial charge on any atom is -0.459 e. The molecule has 0 N–H and O–H groups in total. The van der Waals surface area contributed by atoms with Crippen molar-refractivity contribution in [1.82, 2.24) is 9.59 Å². The van der Waals surface area contributed by atoms with Gasteiger partial charge in [-0.1, -0.05) is 29.9 Å². The molecule has 0 saturated heterocycles. The molecule has 0 fully saturated rings. The molecule has 0 aromatic carbocycles. The summed E-state index contributed by atoms with van der Waals surface area (Å²) in [5, 5.41) is 3.73. The van der Waals surface area contributed by atoms with E-state index in [0.717, 1.165) is 18.0 Å². The molecule has 14 heavy (non-hydrogen) atoms. The number of hydrogen-bond donors (Lipinski definition) is 0. The van der Waals surface area contributed by atoms with E-state index in [0.29, 0.717) is 10.0 Å². The number of aromatic nitrogens is 2. The number of rotatable bonds is 4. The maximum Gasteiger partial charge on any atom is 0.309 e. The van der Waals surface area contributed by atoms with Crippen LogP contribution in [0.2, 0.25) is 4.34 Å². The summed E-state index contributed by atoms with van der Waals surface area (Å²) in [6.07, 6.45) is 0.766. The molecule has 1 rings (SSSR count). The highest BCUT2D eigenvalue weighted by Gasteiger charge is 2.14. The summed E-state index contributed by atoms with van der Waals surface area (Å²) in [4.78, 5) is 11.3. The van der Waals surface area contributed by atoms with Crippen LogP contribution in [0, 0.1) is 5.92 Å². The Morgan fingerprint density at radius 2 is 2.43 bits per heavy atom. The topological polar surface area (TPSA) is 52.1 Å². The third-order valence-corrected chi connectivity index (χ3v) is 2.86. The summed E-state index contributed by atoms with van der Waals surface area (Å²) in [5.74, 6) is -0.308. The zero-order valence-electron chi connectivity index (χ0n) is 7.99. The number of hydrogen-bond acceptors (Lipinski definition) is 5. The molecular weight excluding hydrogens is 224 g/mol. The highest BCUT2D eigenvalue weighted by Crippen LogP contribution is 2.18. The van der Waals surface area contributed by atoms with Crippen molar-refractivity contribution in [2.45, 2.75) is 26.9 Å². The lowest BCUT2D eigenvalue weighted by Gasteiger charge is -2.07. The van der Waals surface area contributed by atoms with Crippen molar-refractivity contribution in [3.05, 3.63) is 10.0 Å². The van der Waals surface area contributed by atoms with Crippen molar-refractivity contribution in [2.24, 2.45) is 5.92 Å². The largest absolute Gasteiger partial charge is 0.459 e. The van der Waals surface area contributed by atoms with Crippen molar-refractivity contribution >= 4 is 29.1 Å². The molecule has 0 aliphatic carbocycles. The van der Waals surface area contributed by atoms with Gasteiger partial charge in [0.1, 0.15) is 16.6 Å². The molecule has 4 nitrogen and oxygen atoms in total. The first-order valence-corrected chi connectivity index (χ1v) is 5.43. The molecule has 1 aromatic heterocycles. The second kappa shape index (κ2) is 5.26. The Labute approximate surface area is 91.4 Å². The SMILES string of the molecule is CC[C@@H](C)C(=O)OCc1nnsc1Cl. The Bertz CT molecular complexity index is 316. The Hall–Kier alpha value is -0.680. The molecule has 0 saturated carbocycles. The fraction of sp³-hybridized carbons (Fsp3) is 0.625. The van der Waals surface area contributed by atoms with Crippen LogP contribution >= 0.6 is 23.1 Å². The van der Waals surface area contributed by atoms with Crippen molar-refractivity contribution in [3.63, 3.8) is 0 Å². The van der Waals surface area contributed by atoms with Crippen LogP contribution < -0.4 is 0 Å². The van der Waals surface area contributed by atoms with Gasteiger partial charge in [0.05, 0.1) is 5.92 Å². The van der Waals surface area contributed by atoms with E-state index >= 15 is 0 Å². The minimum absolute atomic E-state index is 0.0830. The van der Waals surface area contributed by atoms with E-state index in [1.54, 1.807) is 0 Å². The third-order valence-electron chi connectivity index (χ3n) is 1.88. The lowest BCUT2D eigenvalue weighted by Crippen LogP contribution is -2.13.